The van der Waals surface area contributed by atoms with E-state index in [1.807, 2.05) is 30.3 Å². The molecule has 2 rings (SSSR count). The molecule has 19 heavy (non-hydrogen) atoms. The molecule has 1 aliphatic heterocycles. The predicted molar refractivity (Wildman–Crippen MR) is 73.3 cm³/mol. The average molecular weight is 260 g/mol. The molecule has 1 heterocycles. The van der Waals surface area contributed by atoms with E-state index < -0.39 is 0 Å². The first-order valence-electron chi connectivity index (χ1n) is 6.84. The average Bonchev–Trinajstić information content (AvgIpc) is 2.68. The molecule has 4 heteroatoms. The number of hydrogen-bond acceptors (Lipinski definition) is 3. The van der Waals surface area contributed by atoms with Crippen molar-refractivity contribution in [3.05, 3.63) is 35.9 Å². The van der Waals surface area contributed by atoms with Gasteiger partial charge in [-0.2, -0.15) is 0 Å². The monoisotopic (exact) mass is 260 g/mol. The van der Waals surface area contributed by atoms with Crippen LogP contribution in [0.2, 0.25) is 0 Å². The van der Waals surface area contributed by atoms with Gasteiger partial charge in [-0.25, -0.2) is 0 Å². The summed E-state index contributed by atoms with van der Waals surface area (Å²) >= 11 is 0. The minimum Gasteiger partial charge on any atom is -0.305 e. The second-order valence-corrected chi connectivity index (χ2v) is 4.87. The van der Waals surface area contributed by atoms with E-state index in [9.17, 15) is 9.59 Å². The minimum absolute atomic E-state index is 0.0807. The van der Waals surface area contributed by atoms with Gasteiger partial charge in [0.1, 0.15) is 0 Å². The molecule has 0 saturated carbocycles. The van der Waals surface area contributed by atoms with Gasteiger partial charge >= 0.3 is 0 Å². The first-order valence-corrected chi connectivity index (χ1v) is 6.84. The third kappa shape index (κ3) is 3.41. The summed E-state index contributed by atoms with van der Waals surface area (Å²) in [6.07, 6.45) is 2.39. The lowest BCUT2D eigenvalue weighted by molar-refractivity contribution is -0.139. The lowest BCUT2D eigenvalue weighted by Gasteiger charge is -2.15. The molecule has 1 atom stereocenters. The van der Waals surface area contributed by atoms with Crippen LogP contribution in [0.4, 0.5) is 0 Å². The number of nitrogens with one attached hydrogen (secondary N) is 1. The number of benzene rings is 1. The maximum atomic E-state index is 12.2. The maximum Gasteiger partial charge on any atom is 0.247 e. The number of carbonyl (C=O) groups is 2. The Labute approximate surface area is 113 Å². The third-order valence-electron chi connectivity index (χ3n) is 3.35. The molecule has 1 aromatic rings. The molecule has 1 fully saturated rings. The lowest BCUT2D eigenvalue weighted by atomic mass is 10.2. The zero-order valence-corrected chi connectivity index (χ0v) is 11.3. The number of imide groups is 1. The van der Waals surface area contributed by atoms with Crippen molar-refractivity contribution in [2.45, 2.75) is 38.8 Å². The lowest BCUT2D eigenvalue weighted by Crippen LogP contribution is -2.38. The second-order valence-electron chi connectivity index (χ2n) is 4.87. The van der Waals surface area contributed by atoms with Crippen LogP contribution < -0.4 is 5.32 Å². The number of amides is 2. The van der Waals surface area contributed by atoms with E-state index >= 15 is 0 Å². The molecule has 0 spiro atoms. The fourth-order valence-corrected chi connectivity index (χ4v) is 2.23. The maximum absolute atomic E-state index is 12.2. The van der Waals surface area contributed by atoms with E-state index in [0.29, 0.717) is 6.54 Å². The van der Waals surface area contributed by atoms with Crippen molar-refractivity contribution in [3.63, 3.8) is 0 Å². The quantitative estimate of drug-likeness (QED) is 0.625. The van der Waals surface area contributed by atoms with Crippen LogP contribution in [0.15, 0.2) is 30.3 Å². The first kappa shape index (κ1) is 13.7. The predicted octanol–water partition coefficient (Wildman–Crippen LogP) is 1.70. The zero-order valence-electron chi connectivity index (χ0n) is 11.3. The molecule has 1 aromatic carbocycles. The molecule has 102 valence electrons. The van der Waals surface area contributed by atoms with Crippen LogP contribution in [0.5, 0.6) is 0 Å². The third-order valence-corrected chi connectivity index (χ3v) is 3.35. The van der Waals surface area contributed by atoms with Gasteiger partial charge < -0.3 is 5.32 Å². The number of likely N-dealkylation sites (tertiary alicyclic amines) is 1. The Bertz CT molecular complexity index is 445. The molecule has 1 saturated heterocycles. The second kappa shape index (κ2) is 6.48. The van der Waals surface area contributed by atoms with Crippen molar-refractivity contribution in [2.75, 3.05) is 6.54 Å². The van der Waals surface area contributed by atoms with E-state index in [1.165, 1.54) is 4.90 Å². The standard InChI is InChI=1S/C15H20N2O2/c1-2-3-9-16-13-10-14(18)17(15(13)19)11-12-7-5-4-6-8-12/h4-8,13,16H,2-3,9-11H2,1H3/t13-/m1/s1. The van der Waals surface area contributed by atoms with Gasteiger partial charge in [0.05, 0.1) is 19.0 Å². The normalized spacial score (nSPS) is 19.2. The largest absolute Gasteiger partial charge is 0.305 e. The number of unbranched alkanes of at least 4 members (excludes halogenated alkanes) is 1. The Kier molecular flexibility index (Phi) is 4.68. The van der Waals surface area contributed by atoms with Gasteiger partial charge in [-0.1, -0.05) is 43.7 Å². The van der Waals surface area contributed by atoms with E-state index in [1.54, 1.807) is 0 Å². The van der Waals surface area contributed by atoms with E-state index in [-0.39, 0.29) is 24.3 Å². The molecule has 0 aromatic heterocycles. The molecule has 1 aliphatic rings. The van der Waals surface area contributed by atoms with Crippen molar-refractivity contribution < 1.29 is 9.59 Å². The van der Waals surface area contributed by atoms with Gasteiger partial charge in [-0.05, 0) is 18.5 Å². The highest BCUT2D eigenvalue weighted by Crippen LogP contribution is 2.16. The molecular weight excluding hydrogens is 240 g/mol. The minimum atomic E-state index is -0.331. The number of hydrogen-bond donors (Lipinski definition) is 1. The summed E-state index contributed by atoms with van der Waals surface area (Å²) in [5, 5.41) is 3.17. The van der Waals surface area contributed by atoms with Gasteiger partial charge in [0.15, 0.2) is 0 Å². The van der Waals surface area contributed by atoms with Crippen molar-refractivity contribution in [3.8, 4) is 0 Å². The van der Waals surface area contributed by atoms with Crippen LogP contribution in [-0.4, -0.2) is 29.3 Å². The number of rotatable bonds is 6. The highest BCUT2D eigenvalue weighted by molar-refractivity contribution is 6.05. The molecule has 0 unspecified atom stereocenters. The van der Waals surface area contributed by atoms with Crippen LogP contribution in [0.1, 0.15) is 31.7 Å². The molecule has 1 N–H and O–H groups in total. The van der Waals surface area contributed by atoms with Gasteiger partial charge in [0, 0.05) is 0 Å². The molecule has 4 nitrogen and oxygen atoms in total. The SMILES string of the molecule is CCCCN[C@@H]1CC(=O)N(Cc2ccccc2)C1=O. The summed E-state index contributed by atoms with van der Waals surface area (Å²) in [5.41, 5.74) is 0.985. The topological polar surface area (TPSA) is 49.4 Å². The zero-order chi connectivity index (χ0) is 13.7. The van der Waals surface area contributed by atoms with Crippen LogP contribution in [-0.2, 0) is 16.1 Å². The van der Waals surface area contributed by atoms with Crippen molar-refractivity contribution in [2.24, 2.45) is 0 Å². The summed E-state index contributed by atoms with van der Waals surface area (Å²) in [4.78, 5) is 25.4. The van der Waals surface area contributed by atoms with Gasteiger partial charge in [-0.3, -0.25) is 14.5 Å². The Hall–Kier alpha value is -1.68. The molecule has 0 bridgehead atoms. The number of carbonyl (C=O) groups excluding carboxylic acids is 2. The number of nitrogens with zero attached hydrogens (tertiary/aromatic N) is 1. The Morgan fingerprint density at radius 2 is 2.00 bits per heavy atom. The Morgan fingerprint density at radius 3 is 2.68 bits per heavy atom. The van der Waals surface area contributed by atoms with Crippen molar-refractivity contribution in [1.29, 1.82) is 0 Å². The highest BCUT2D eigenvalue weighted by Gasteiger charge is 2.37. The fourth-order valence-electron chi connectivity index (χ4n) is 2.23. The van der Waals surface area contributed by atoms with Crippen molar-refractivity contribution in [1.82, 2.24) is 10.2 Å². The summed E-state index contributed by atoms with van der Waals surface area (Å²) < 4.78 is 0. The molecule has 2 amide bonds. The Balaban J connectivity index is 1.95. The van der Waals surface area contributed by atoms with E-state index in [4.69, 9.17) is 0 Å². The summed E-state index contributed by atoms with van der Waals surface area (Å²) in [7, 11) is 0. The highest BCUT2D eigenvalue weighted by atomic mass is 16.2. The van der Waals surface area contributed by atoms with E-state index in [0.717, 1.165) is 24.9 Å². The Morgan fingerprint density at radius 1 is 1.26 bits per heavy atom. The first-order chi connectivity index (χ1) is 9.22. The van der Waals surface area contributed by atoms with Crippen LogP contribution in [0.25, 0.3) is 0 Å². The molecule has 0 radical (unpaired) electrons. The van der Waals surface area contributed by atoms with Gasteiger partial charge in [0.2, 0.25) is 11.8 Å². The summed E-state index contributed by atoms with van der Waals surface area (Å²) in [6.45, 7) is 3.27. The van der Waals surface area contributed by atoms with Crippen LogP contribution in [0.3, 0.4) is 0 Å². The van der Waals surface area contributed by atoms with E-state index in [2.05, 4.69) is 12.2 Å². The van der Waals surface area contributed by atoms with Crippen molar-refractivity contribution >= 4 is 11.8 Å². The molecular formula is C15H20N2O2. The summed E-state index contributed by atoms with van der Waals surface area (Å²) in [6, 6.07) is 9.28. The van der Waals surface area contributed by atoms with Gasteiger partial charge in [-0.15, -0.1) is 0 Å². The fraction of sp³-hybridized carbons (Fsp3) is 0.467. The van der Waals surface area contributed by atoms with Crippen LogP contribution in [0, 0.1) is 0 Å². The van der Waals surface area contributed by atoms with Crippen LogP contribution >= 0.6 is 0 Å². The van der Waals surface area contributed by atoms with Gasteiger partial charge in [0.25, 0.3) is 0 Å². The summed E-state index contributed by atoms with van der Waals surface area (Å²) in [5.74, 6) is -0.173. The molecule has 0 aliphatic carbocycles. The smallest absolute Gasteiger partial charge is 0.247 e.